The first-order chi connectivity index (χ1) is 10.7. The fourth-order valence-corrected chi connectivity index (χ4v) is 2.87. The van der Waals surface area contributed by atoms with Gasteiger partial charge in [-0.1, -0.05) is 29.8 Å². The number of hydrogen-bond acceptors (Lipinski definition) is 3. The third-order valence-electron chi connectivity index (χ3n) is 4.23. The van der Waals surface area contributed by atoms with Gasteiger partial charge < -0.3 is 14.8 Å². The summed E-state index contributed by atoms with van der Waals surface area (Å²) < 4.78 is 11.2. The van der Waals surface area contributed by atoms with E-state index >= 15 is 0 Å². The van der Waals surface area contributed by atoms with E-state index in [-0.39, 0.29) is 0 Å². The van der Waals surface area contributed by atoms with Gasteiger partial charge in [-0.3, -0.25) is 0 Å². The highest BCUT2D eigenvalue weighted by atomic mass is 16.5. The zero-order valence-electron chi connectivity index (χ0n) is 14.1. The quantitative estimate of drug-likeness (QED) is 0.671. The third kappa shape index (κ3) is 6.91. The minimum Gasteiger partial charge on any atom is -0.379 e. The van der Waals surface area contributed by atoms with Gasteiger partial charge in [0.1, 0.15) is 0 Å². The largest absolute Gasteiger partial charge is 0.379 e. The summed E-state index contributed by atoms with van der Waals surface area (Å²) in [7, 11) is 0. The van der Waals surface area contributed by atoms with Crippen molar-refractivity contribution in [1.82, 2.24) is 5.32 Å². The predicted octanol–water partition coefficient (Wildman–Crippen LogP) is 3.49. The Labute approximate surface area is 135 Å². The maximum absolute atomic E-state index is 5.68. The molecule has 3 nitrogen and oxygen atoms in total. The van der Waals surface area contributed by atoms with Gasteiger partial charge >= 0.3 is 0 Å². The molecule has 3 heteroatoms. The molecule has 1 N–H and O–H groups in total. The Morgan fingerprint density at radius 2 is 2.32 bits per heavy atom. The Bertz CT molecular complexity index is 416. The van der Waals surface area contributed by atoms with Crippen molar-refractivity contribution in [1.29, 1.82) is 0 Å². The summed E-state index contributed by atoms with van der Waals surface area (Å²) in [5, 5.41) is 3.58. The Hall–Kier alpha value is -0.900. The van der Waals surface area contributed by atoms with Crippen LogP contribution in [0.4, 0.5) is 0 Å². The molecule has 1 aliphatic rings. The minimum absolute atomic E-state index is 0.348. The average molecular weight is 305 g/mol. The first kappa shape index (κ1) is 17.5. The summed E-state index contributed by atoms with van der Waals surface area (Å²) in [6.07, 6.45) is 6.09. The van der Waals surface area contributed by atoms with Gasteiger partial charge in [0.05, 0.1) is 12.7 Å². The zero-order valence-corrected chi connectivity index (χ0v) is 14.1. The lowest BCUT2D eigenvalue weighted by atomic mass is 10.0. The summed E-state index contributed by atoms with van der Waals surface area (Å²) in [6.45, 7) is 7.96. The molecule has 0 aliphatic carbocycles. The predicted molar refractivity (Wildman–Crippen MR) is 91.4 cm³/mol. The normalized spacial score (nSPS) is 19.5. The van der Waals surface area contributed by atoms with E-state index in [1.807, 2.05) is 0 Å². The second kappa shape index (κ2) is 9.98. The van der Waals surface area contributed by atoms with Gasteiger partial charge in [-0.2, -0.15) is 0 Å². The van der Waals surface area contributed by atoms with Crippen LogP contribution in [0, 0.1) is 6.92 Å². The molecule has 2 rings (SSSR count). The molecule has 1 fully saturated rings. The van der Waals surface area contributed by atoms with Crippen LogP contribution < -0.4 is 5.32 Å². The lowest BCUT2D eigenvalue weighted by Crippen LogP contribution is -2.28. The number of nitrogens with one attached hydrogen (secondary N) is 1. The molecule has 2 unspecified atom stereocenters. The third-order valence-corrected chi connectivity index (χ3v) is 4.23. The summed E-state index contributed by atoms with van der Waals surface area (Å²) in [4.78, 5) is 0. The van der Waals surface area contributed by atoms with Crippen molar-refractivity contribution >= 4 is 0 Å². The summed E-state index contributed by atoms with van der Waals surface area (Å²) in [5.41, 5.74) is 2.79. The van der Waals surface area contributed by atoms with Crippen LogP contribution in [-0.2, 0) is 15.9 Å². The SMILES string of the molecule is Cc1cccc(CCC(C)NCCCOCC2CCCO2)c1. The van der Waals surface area contributed by atoms with E-state index in [1.165, 1.54) is 24.0 Å². The van der Waals surface area contributed by atoms with Crippen molar-refractivity contribution in [3.8, 4) is 0 Å². The van der Waals surface area contributed by atoms with Crippen LogP contribution in [0.25, 0.3) is 0 Å². The topological polar surface area (TPSA) is 30.5 Å². The summed E-state index contributed by atoms with van der Waals surface area (Å²) in [5.74, 6) is 0. The van der Waals surface area contributed by atoms with Crippen LogP contribution in [0.15, 0.2) is 24.3 Å². The molecule has 0 aromatic heterocycles. The zero-order chi connectivity index (χ0) is 15.6. The van der Waals surface area contributed by atoms with Crippen LogP contribution >= 0.6 is 0 Å². The molecule has 124 valence electrons. The highest BCUT2D eigenvalue weighted by Crippen LogP contribution is 2.12. The average Bonchev–Trinajstić information content (AvgIpc) is 3.02. The van der Waals surface area contributed by atoms with Crippen molar-refractivity contribution in [2.24, 2.45) is 0 Å². The van der Waals surface area contributed by atoms with E-state index < -0.39 is 0 Å². The Morgan fingerprint density at radius 1 is 1.41 bits per heavy atom. The fraction of sp³-hybridized carbons (Fsp3) is 0.684. The maximum Gasteiger partial charge on any atom is 0.0809 e. The van der Waals surface area contributed by atoms with E-state index in [1.54, 1.807) is 0 Å². The standard InChI is InChI=1S/C19H31NO2/c1-16-6-3-7-18(14-16)10-9-17(2)20-11-5-12-21-15-19-8-4-13-22-19/h3,6-7,14,17,19-20H,4-5,8-13,15H2,1-2H3. The molecule has 1 heterocycles. The smallest absolute Gasteiger partial charge is 0.0809 e. The molecule has 2 atom stereocenters. The van der Waals surface area contributed by atoms with Gasteiger partial charge in [-0.15, -0.1) is 0 Å². The van der Waals surface area contributed by atoms with Gasteiger partial charge in [0.2, 0.25) is 0 Å². The lowest BCUT2D eigenvalue weighted by Gasteiger charge is -2.14. The molecular weight excluding hydrogens is 274 g/mol. The van der Waals surface area contributed by atoms with E-state index in [4.69, 9.17) is 9.47 Å². The molecule has 0 bridgehead atoms. The fourth-order valence-electron chi connectivity index (χ4n) is 2.87. The number of rotatable bonds is 10. The first-order valence-electron chi connectivity index (χ1n) is 8.72. The molecule has 0 amide bonds. The molecular formula is C19H31NO2. The molecule has 0 radical (unpaired) electrons. The molecule has 1 aliphatic heterocycles. The number of benzene rings is 1. The van der Waals surface area contributed by atoms with Gasteiger partial charge in [0.15, 0.2) is 0 Å². The molecule has 0 spiro atoms. The Balaban J connectivity index is 1.46. The van der Waals surface area contributed by atoms with Crippen LogP contribution in [0.2, 0.25) is 0 Å². The van der Waals surface area contributed by atoms with Gasteiger partial charge in [0.25, 0.3) is 0 Å². The first-order valence-corrected chi connectivity index (χ1v) is 8.72. The van der Waals surface area contributed by atoms with Gasteiger partial charge in [0, 0.05) is 19.3 Å². The van der Waals surface area contributed by atoms with E-state index in [0.29, 0.717) is 12.1 Å². The Kier molecular flexibility index (Phi) is 7.92. The van der Waals surface area contributed by atoms with Crippen molar-refractivity contribution in [2.45, 2.75) is 58.1 Å². The maximum atomic E-state index is 5.68. The highest BCUT2D eigenvalue weighted by molar-refractivity contribution is 5.22. The van der Waals surface area contributed by atoms with Crippen molar-refractivity contribution in [3.05, 3.63) is 35.4 Å². The molecule has 22 heavy (non-hydrogen) atoms. The van der Waals surface area contributed by atoms with E-state index in [2.05, 4.69) is 43.4 Å². The monoisotopic (exact) mass is 305 g/mol. The summed E-state index contributed by atoms with van der Waals surface area (Å²) in [6, 6.07) is 9.36. The van der Waals surface area contributed by atoms with Crippen LogP contribution in [0.5, 0.6) is 0 Å². The van der Waals surface area contributed by atoms with Crippen molar-refractivity contribution in [2.75, 3.05) is 26.4 Å². The number of aryl methyl sites for hydroxylation is 2. The van der Waals surface area contributed by atoms with Crippen molar-refractivity contribution < 1.29 is 9.47 Å². The molecule has 1 aromatic rings. The second-order valence-electron chi connectivity index (χ2n) is 6.45. The van der Waals surface area contributed by atoms with Crippen LogP contribution in [0.3, 0.4) is 0 Å². The van der Waals surface area contributed by atoms with Gasteiger partial charge in [-0.25, -0.2) is 0 Å². The highest BCUT2D eigenvalue weighted by Gasteiger charge is 2.14. The van der Waals surface area contributed by atoms with Crippen LogP contribution in [-0.4, -0.2) is 38.5 Å². The Morgan fingerprint density at radius 3 is 3.09 bits per heavy atom. The van der Waals surface area contributed by atoms with Crippen molar-refractivity contribution in [3.63, 3.8) is 0 Å². The minimum atomic E-state index is 0.348. The summed E-state index contributed by atoms with van der Waals surface area (Å²) >= 11 is 0. The van der Waals surface area contributed by atoms with E-state index in [9.17, 15) is 0 Å². The number of ether oxygens (including phenoxy) is 2. The van der Waals surface area contributed by atoms with E-state index in [0.717, 1.165) is 45.6 Å². The molecule has 0 saturated carbocycles. The van der Waals surface area contributed by atoms with Gasteiger partial charge in [-0.05, 0) is 58.1 Å². The van der Waals surface area contributed by atoms with Crippen LogP contribution in [0.1, 0.15) is 43.7 Å². The number of hydrogen-bond donors (Lipinski definition) is 1. The lowest BCUT2D eigenvalue weighted by molar-refractivity contribution is 0.0165. The molecule has 1 aromatic carbocycles. The molecule has 1 saturated heterocycles. The second-order valence-corrected chi connectivity index (χ2v) is 6.45.